The molecule has 0 bridgehead atoms. The van der Waals surface area contributed by atoms with Gasteiger partial charge in [0.1, 0.15) is 0 Å². The topological polar surface area (TPSA) is 43.4 Å². The van der Waals surface area contributed by atoms with Crippen LogP contribution in [0.1, 0.15) is 13.3 Å². The zero-order valence-electron chi connectivity index (χ0n) is 7.32. The Morgan fingerprint density at radius 3 is 2.92 bits per heavy atom. The van der Waals surface area contributed by atoms with Crippen molar-refractivity contribution >= 4 is 11.9 Å². The fourth-order valence-electron chi connectivity index (χ4n) is 1.86. The first-order chi connectivity index (χ1) is 6.24. The normalized spacial score (nSPS) is 35.0. The Kier molecular flexibility index (Phi) is 1.79. The molecule has 0 radical (unpaired) electrons. The molecule has 0 saturated carbocycles. The van der Waals surface area contributed by atoms with Crippen molar-refractivity contribution in [2.24, 2.45) is 11.8 Å². The number of ether oxygens (including phenoxy) is 1. The summed E-state index contributed by atoms with van der Waals surface area (Å²) in [6.07, 6.45) is 6.32. The third kappa shape index (κ3) is 1.11. The van der Waals surface area contributed by atoms with E-state index in [2.05, 4.69) is 4.74 Å². The van der Waals surface area contributed by atoms with E-state index in [0.717, 1.165) is 12.0 Å². The molecule has 0 aromatic rings. The van der Waals surface area contributed by atoms with E-state index in [1.807, 2.05) is 19.1 Å². The summed E-state index contributed by atoms with van der Waals surface area (Å²) < 4.78 is 4.57. The molecule has 0 aromatic heterocycles. The van der Waals surface area contributed by atoms with Gasteiger partial charge in [-0.2, -0.15) is 0 Å². The Hall–Kier alpha value is -1.38. The highest BCUT2D eigenvalue weighted by molar-refractivity contribution is 5.99. The SMILES string of the molecule is CC=C1CC=CC2C(=O)OC(=O)C12. The third-order valence-corrected chi connectivity index (χ3v) is 2.55. The lowest BCUT2D eigenvalue weighted by Crippen LogP contribution is -2.20. The molecule has 2 atom stereocenters. The van der Waals surface area contributed by atoms with Gasteiger partial charge in [0.05, 0.1) is 11.8 Å². The van der Waals surface area contributed by atoms with Crippen molar-refractivity contribution in [2.45, 2.75) is 13.3 Å². The smallest absolute Gasteiger partial charge is 0.321 e. The van der Waals surface area contributed by atoms with Crippen LogP contribution < -0.4 is 0 Å². The molecule has 3 heteroatoms. The fourth-order valence-corrected chi connectivity index (χ4v) is 1.86. The number of hydrogen-bond donors (Lipinski definition) is 0. The molecule has 1 fully saturated rings. The van der Waals surface area contributed by atoms with Crippen LogP contribution in [0, 0.1) is 11.8 Å². The summed E-state index contributed by atoms with van der Waals surface area (Å²) in [7, 11) is 0. The second kappa shape index (κ2) is 2.83. The molecule has 0 N–H and O–H groups in total. The number of carbonyl (C=O) groups excluding carboxylic acids is 2. The van der Waals surface area contributed by atoms with Gasteiger partial charge in [-0.3, -0.25) is 9.59 Å². The highest BCUT2D eigenvalue weighted by atomic mass is 16.6. The quantitative estimate of drug-likeness (QED) is 0.318. The molecule has 1 heterocycles. The molecule has 2 unspecified atom stereocenters. The molecule has 1 aliphatic carbocycles. The number of cyclic esters (lactones) is 2. The van der Waals surface area contributed by atoms with Gasteiger partial charge in [0, 0.05) is 0 Å². The van der Waals surface area contributed by atoms with Crippen molar-refractivity contribution in [2.75, 3.05) is 0 Å². The van der Waals surface area contributed by atoms with Crippen molar-refractivity contribution in [3.63, 3.8) is 0 Å². The predicted octanol–water partition coefficient (Wildman–Crippen LogP) is 1.21. The first-order valence-corrected chi connectivity index (χ1v) is 4.31. The predicted molar refractivity (Wildman–Crippen MR) is 45.6 cm³/mol. The molecule has 0 aromatic carbocycles. The van der Waals surface area contributed by atoms with Gasteiger partial charge in [-0.1, -0.05) is 23.8 Å². The highest BCUT2D eigenvalue weighted by Crippen LogP contribution is 2.36. The molecule has 13 heavy (non-hydrogen) atoms. The van der Waals surface area contributed by atoms with E-state index in [1.54, 1.807) is 6.08 Å². The van der Waals surface area contributed by atoms with Crippen LogP contribution in [-0.2, 0) is 14.3 Å². The van der Waals surface area contributed by atoms with E-state index in [0.29, 0.717) is 0 Å². The van der Waals surface area contributed by atoms with Crippen LogP contribution in [0.3, 0.4) is 0 Å². The second-order valence-electron chi connectivity index (χ2n) is 3.24. The van der Waals surface area contributed by atoms with Crippen molar-refractivity contribution in [1.29, 1.82) is 0 Å². The summed E-state index contributed by atoms with van der Waals surface area (Å²) in [6.45, 7) is 1.88. The molecular formula is C10H10O3. The summed E-state index contributed by atoms with van der Waals surface area (Å²) in [5, 5.41) is 0. The molecule has 0 amide bonds. The lowest BCUT2D eigenvalue weighted by Gasteiger charge is -2.17. The number of esters is 2. The number of fused-ring (bicyclic) bond motifs is 1. The van der Waals surface area contributed by atoms with E-state index >= 15 is 0 Å². The van der Waals surface area contributed by atoms with E-state index in [9.17, 15) is 9.59 Å². The summed E-state index contributed by atoms with van der Waals surface area (Å²) >= 11 is 0. The number of carbonyl (C=O) groups is 2. The minimum Gasteiger partial charge on any atom is -0.392 e. The van der Waals surface area contributed by atoms with Gasteiger partial charge in [-0.25, -0.2) is 0 Å². The van der Waals surface area contributed by atoms with E-state index in [-0.39, 0.29) is 11.8 Å². The van der Waals surface area contributed by atoms with Crippen molar-refractivity contribution in [3.8, 4) is 0 Å². The summed E-state index contributed by atoms with van der Waals surface area (Å²) in [5.41, 5.74) is 0.989. The van der Waals surface area contributed by atoms with Crippen LogP contribution in [0.4, 0.5) is 0 Å². The zero-order valence-corrected chi connectivity index (χ0v) is 7.32. The summed E-state index contributed by atoms with van der Waals surface area (Å²) in [6, 6.07) is 0. The van der Waals surface area contributed by atoms with E-state index in [1.165, 1.54) is 0 Å². The third-order valence-electron chi connectivity index (χ3n) is 2.55. The Bertz CT molecular complexity index is 325. The summed E-state index contributed by atoms with van der Waals surface area (Å²) in [4.78, 5) is 22.4. The molecule has 1 saturated heterocycles. The maximum atomic E-state index is 11.3. The zero-order chi connectivity index (χ0) is 9.42. The molecular weight excluding hydrogens is 168 g/mol. The van der Waals surface area contributed by atoms with Crippen LogP contribution in [0.2, 0.25) is 0 Å². The first kappa shape index (κ1) is 8.23. The van der Waals surface area contributed by atoms with Gasteiger partial charge < -0.3 is 4.74 Å². The minimum atomic E-state index is -0.412. The Labute approximate surface area is 76.1 Å². The first-order valence-electron chi connectivity index (χ1n) is 4.31. The van der Waals surface area contributed by atoms with Gasteiger partial charge in [0.2, 0.25) is 0 Å². The Balaban J connectivity index is 2.41. The fraction of sp³-hybridized carbons (Fsp3) is 0.400. The number of hydrogen-bond acceptors (Lipinski definition) is 3. The lowest BCUT2D eigenvalue weighted by molar-refractivity contribution is -0.153. The molecule has 1 aliphatic heterocycles. The van der Waals surface area contributed by atoms with Gasteiger partial charge in [0.25, 0.3) is 0 Å². The van der Waals surface area contributed by atoms with Gasteiger partial charge in [-0.05, 0) is 13.3 Å². The lowest BCUT2D eigenvalue weighted by atomic mass is 9.82. The van der Waals surface area contributed by atoms with Crippen LogP contribution >= 0.6 is 0 Å². The summed E-state index contributed by atoms with van der Waals surface area (Å²) in [5.74, 6) is -1.52. The monoisotopic (exact) mass is 178 g/mol. The molecule has 3 nitrogen and oxygen atoms in total. The van der Waals surface area contributed by atoms with Crippen molar-refractivity contribution < 1.29 is 14.3 Å². The second-order valence-corrected chi connectivity index (χ2v) is 3.24. The van der Waals surface area contributed by atoms with Gasteiger partial charge in [0.15, 0.2) is 0 Å². The number of rotatable bonds is 0. The maximum Gasteiger partial charge on any atom is 0.321 e. The Morgan fingerprint density at radius 2 is 2.23 bits per heavy atom. The van der Waals surface area contributed by atoms with Gasteiger partial charge >= 0.3 is 11.9 Å². The highest BCUT2D eigenvalue weighted by Gasteiger charge is 2.45. The number of allylic oxidation sites excluding steroid dienone is 2. The Morgan fingerprint density at radius 1 is 1.46 bits per heavy atom. The van der Waals surface area contributed by atoms with E-state index in [4.69, 9.17) is 0 Å². The van der Waals surface area contributed by atoms with Gasteiger partial charge in [-0.15, -0.1) is 0 Å². The molecule has 68 valence electrons. The van der Waals surface area contributed by atoms with Crippen LogP contribution in [0.15, 0.2) is 23.8 Å². The van der Waals surface area contributed by atoms with Crippen LogP contribution in [0.25, 0.3) is 0 Å². The standard InChI is InChI=1S/C10H10O3/c1-2-6-4-3-5-7-8(6)10(12)13-9(7)11/h2-3,5,7-8H,4H2,1H3. The van der Waals surface area contributed by atoms with Crippen molar-refractivity contribution in [1.82, 2.24) is 0 Å². The molecule has 2 aliphatic rings. The van der Waals surface area contributed by atoms with Crippen molar-refractivity contribution in [3.05, 3.63) is 23.8 Å². The average Bonchev–Trinajstić information content (AvgIpc) is 2.43. The van der Waals surface area contributed by atoms with Crippen LogP contribution in [0.5, 0.6) is 0 Å². The minimum absolute atomic E-state index is 0.345. The van der Waals surface area contributed by atoms with E-state index < -0.39 is 11.9 Å². The largest absolute Gasteiger partial charge is 0.392 e. The molecule has 2 rings (SSSR count). The molecule has 0 spiro atoms. The average molecular weight is 178 g/mol. The van der Waals surface area contributed by atoms with Crippen LogP contribution in [-0.4, -0.2) is 11.9 Å². The maximum absolute atomic E-state index is 11.3.